The Morgan fingerprint density at radius 2 is 0.962 bits per heavy atom. The van der Waals surface area contributed by atoms with Crippen LogP contribution in [0.5, 0.6) is 0 Å². The predicted octanol–water partition coefficient (Wildman–Crippen LogP) is 14.1. The van der Waals surface area contributed by atoms with Crippen LogP contribution in [0.15, 0.2) is 97.1 Å². The Bertz CT molecular complexity index is 2050. The molecule has 0 N–H and O–H groups in total. The Kier molecular flexibility index (Phi) is 10.1. The first-order chi connectivity index (χ1) is 24.4. The molecule has 0 spiro atoms. The van der Waals surface area contributed by atoms with Crippen molar-refractivity contribution in [2.75, 3.05) is 0 Å². The van der Waals surface area contributed by atoms with Crippen LogP contribution >= 0.6 is 0 Å². The summed E-state index contributed by atoms with van der Waals surface area (Å²) in [7, 11) is 0. The molecule has 0 atom stereocenters. The van der Waals surface area contributed by atoms with E-state index in [4.69, 9.17) is 0 Å². The van der Waals surface area contributed by atoms with E-state index in [0.29, 0.717) is 5.56 Å². The molecule has 2 aliphatic rings. The second-order valence-corrected chi connectivity index (χ2v) is 26.0. The van der Waals surface area contributed by atoms with E-state index in [-0.39, 0.29) is 28.9 Å². The minimum atomic E-state index is -4.44. The molecule has 0 radical (unpaired) electrons. The average Bonchev–Trinajstić information content (AvgIpc) is 3.67. The Balaban J connectivity index is 1.85. The van der Waals surface area contributed by atoms with Crippen LogP contribution in [0.4, 0.5) is 13.2 Å². The first kappa shape index (κ1) is 39.6. The van der Waals surface area contributed by atoms with Crippen molar-refractivity contribution in [3.63, 3.8) is 0 Å². The van der Waals surface area contributed by atoms with Crippen molar-refractivity contribution in [2.24, 2.45) is 0 Å². The molecule has 0 heterocycles. The zero-order valence-corrected chi connectivity index (χ0v) is 36.5. The number of hydrogen-bond acceptors (Lipinski definition) is 0. The van der Waals surface area contributed by atoms with Gasteiger partial charge in [-0.1, -0.05) is 0 Å². The van der Waals surface area contributed by atoms with Gasteiger partial charge in [0.25, 0.3) is 0 Å². The molecule has 0 saturated carbocycles. The summed E-state index contributed by atoms with van der Waals surface area (Å²) in [5.41, 5.74) is 12.6. The number of halogens is 3. The summed E-state index contributed by atoms with van der Waals surface area (Å²) in [6, 6.07) is 24.7. The van der Waals surface area contributed by atoms with E-state index in [1.807, 2.05) is 6.07 Å². The molecular formula is C49H57F3Zr. The number of rotatable bonds is 4. The van der Waals surface area contributed by atoms with Crippen molar-refractivity contribution < 1.29 is 34.4 Å². The normalized spacial score (nSPS) is 15.9. The summed E-state index contributed by atoms with van der Waals surface area (Å²) in [4.78, 5) is 0. The van der Waals surface area contributed by atoms with Crippen LogP contribution < -0.4 is 0 Å². The van der Waals surface area contributed by atoms with Crippen molar-refractivity contribution in [1.29, 1.82) is 0 Å². The van der Waals surface area contributed by atoms with Gasteiger partial charge in [0.1, 0.15) is 0 Å². The van der Waals surface area contributed by atoms with Gasteiger partial charge in [0.2, 0.25) is 0 Å². The standard InChI is InChI=1S/C29H41.C15H11F3.C5H5.Zr/c1-26(2,3)22-14-18-13-19-15-23(27(4,5)6)25(29(10,11)12)17-21(19)20(18)16-24(22)28(7,8)9;1-11-5-7-12(8-6-11)9-13-3-2-4-14(10-13)15(16,17)18;1-2-4-5-3-1;/h13-17H,1-12H3;2-8,10H,1H3;1-5H;. The molecule has 0 amide bonds. The monoisotopic (exact) mass is 792 g/mol. The van der Waals surface area contributed by atoms with Gasteiger partial charge in [-0.05, 0) is 0 Å². The van der Waals surface area contributed by atoms with Gasteiger partial charge in [-0.2, -0.15) is 0 Å². The number of benzene rings is 4. The Labute approximate surface area is 324 Å². The number of alkyl halides is 3. The third kappa shape index (κ3) is 7.74. The molecule has 4 heteroatoms. The van der Waals surface area contributed by atoms with Crippen LogP contribution in [0.25, 0.3) is 11.1 Å². The van der Waals surface area contributed by atoms with Gasteiger partial charge in [0, 0.05) is 0 Å². The molecule has 6 rings (SSSR count). The molecule has 0 aliphatic heterocycles. The molecule has 0 saturated heterocycles. The van der Waals surface area contributed by atoms with Crippen LogP contribution in [-0.4, -0.2) is 3.21 Å². The van der Waals surface area contributed by atoms with E-state index >= 15 is 0 Å². The molecule has 0 fully saturated rings. The minimum absolute atomic E-state index is 0.0795. The number of fused-ring (bicyclic) bond motifs is 3. The van der Waals surface area contributed by atoms with Gasteiger partial charge < -0.3 is 0 Å². The number of allylic oxidation sites excluding steroid dienone is 4. The molecular weight excluding hydrogens is 737 g/mol. The van der Waals surface area contributed by atoms with Crippen molar-refractivity contribution in [1.82, 2.24) is 0 Å². The SMILES string of the molecule is Cc1ccc([C](c2cccc(C(F)(F)F)c2)=[Zr]([CH]2C=CC=C2)[CH]2c3cc(C(C)(C)C)c(C(C)(C)C)cc3-c3cc(C(C)(C)C)c(C(C)(C)C)cc32)cc1. The van der Waals surface area contributed by atoms with E-state index in [1.54, 1.807) is 6.07 Å². The van der Waals surface area contributed by atoms with Crippen molar-refractivity contribution in [3.05, 3.63) is 153 Å². The maximum absolute atomic E-state index is 14.4. The summed E-state index contributed by atoms with van der Waals surface area (Å²) in [6.07, 6.45) is 4.52. The summed E-state index contributed by atoms with van der Waals surface area (Å²) < 4.78 is 44.7. The van der Waals surface area contributed by atoms with E-state index < -0.39 is 33.0 Å². The van der Waals surface area contributed by atoms with Gasteiger partial charge in [-0.3, -0.25) is 0 Å². The second-order valence-electron chi connectivity index (χ2n) is 19.5. The quantitative estimate of drug-likeness (QED) is 0.193. The zero-order valence-electron chi connectivity index (χ0n) is 34.0. The fraction of sp³-hybridized carbons (Fsp3) is 0.408. The van der Waals surface area contributed by atoms with Crippen LogP contribution in [-0.2, 0) is 49.1 Å². The summed E-state index contributed by atoms with van der Waals surface area (Å²) in [6.45, 7) is 29.8. The Morgan fingerprint density at radius 3 is 1.38 bits per heavy atom. The van der Waals surface area contributed by atoms with Gasteiger partial charge >= 0.3 is 327 Å². The van der Waals surface area contributed by atoms with Crippen LogP contribution in [0.1, 0.15) is 142 Å². The van der Waals surface area contributed by atoms with Crippen molar-refractivity contribution >= 4 is 3.21 Å². The van der Waals surface area contributed by atoms with Crippen molar-refractivity contribution in [3.8, 4) is 11.1 Å². The van der Waals surface area contributed by atoms with Crippen LogP contribution in [0, 0.1) is 6.92 Å². The fourth-order valence-electron chi connectivity index (χ4n) is 8.38. The average molecular weight is 794 g/mol. The predicted molar refractivity (Wildman–Crippen MR) is 216 cm³/mol. The molecule has 4 aromatic rings. The Hall–Kier alpha value is -3.10. The second kappa shape index (κ2) is 13.6. The van der Waals surface area contributed by atoms with Gasteiger partial charge in [0.05, 0.1) is 0 Å². The van der Waals surface area contributed by atoms with Gasteiger partial charge in [-0.25, -0.2) is 0 Å². The number of aryl methyl sites for hydroxylation is 1. The summed E-state index contributed by atoms with van der Waals surface area (Å²) >= 11 is -3.26. The fourth-order valence-corrected chi connectivity index (χ4v) is 17.7. The molecule has 0 aromatic heterocycles. The summed E-state index contributed by atoms with van der Waals surface area (Å²) in [5.74, 6) is 0. The van der Waals surface area contributed by atoms with E-state index in [9.17, 15) is 13.2 Å². The van der Waals surface area contributed by atoms with E-state index in [2.05, 4.69) is 163 Å². The molecule has 0 unspecified atom stereocenters. The van der Waals surface area contributed by atoms with E-state index in [1.165, 1.54) is 56.6 Å². The topological polar surface area (TPSA) is 0 Å². The molecule has 53 heavy (non-hydrogen) atoms. The summed E-state index contributed by atoms with van der Waals surface area (Å²) in [5, 5.41) is 0. The van der Waals surface area contributed by atoms with Crippen LogP contribution in [0.2, 0.25) is 3.63 Å². The number of hydrogen-bond donors (Lipinski definition) is 0. The molecule has 278 valence electrons. The van der Waals surface area contributed by atoms with Crippen molar-refractivity contribution in [2.45, 2.75) is 125 Å². The first-order valence-corrected chi connectivity index (χ1v) is 23.2. The molecule has 0 bridgehead atoms. The molecule has 2 aliphatic carbocycles. The van der Waals surface area contributed by atoms with Crippen LogP contribution in [0.3, 0.4) is 0 Å². The zero-order chi connectivity index (χ0) is 39.1. The maximum atomic E-state index is 14.4. The van der Waals surface area contributed by atoms with E-state index in [0.717, 1.165) is 14.3 Å². The van der Waals surface area contributed by atoms with Gasteiger partial charge in [0.15, 0.2) is 0 Å². The Morgan fingerprint density at radius 1 is 0.528 bits per heavy atom. The molecule has 4 aromatic carbocycles. The third-order valence-corrected chi connectivity index (χ3v) is 19.7. The molecule has 0 nitrogen and oxygen atoms in total. The first-order valence-electron chi connectivity index (χ1n) is 19.1. The third-order valence-electron chi connectivity index (χ3n) is 11.0. The van der Waals surface area contributed by atoms with Gasteiger partial charge in [-0.15, -0.1) is 0 Å².